The Morgan fingerprint density at radius 1 is 1.05 bits per heavy atom. The Labute approximate surface area is 131 Å². The zero-order valence-corrected chi connectivity index (χ0v) is 12.4. The lowest BCUT2D eigenvalue weighted by Crippen LogP contribution is -2.04. The van der Waals surface area contributed by atoms with Crippen LogP contribution in [0.25, 0.3) is 10.9 Å². The molecular weight excluding hydrogens is 309 g/mol. The zero-order chi connectivity index (χ0) is 14.8. The number of fused-ring (bicyclic) bond motifs is 1. The number of hydrogen-bond acceptors (Lipinski definition) is 2. The zero-order valence-electron chi connectivity index (χ0n) is 10.9. The average Bonchev–Trinajstić information content (AvgIpc) is 2.46. The largest absolute Gasteiger partial charge is 0.487 e. The summed E-state index contributed by atoms with van der Waals surface area (Å²) in [6, 6.07) is 14.1. The minimum Gasteiger partial charge on any atom is -0.487 e. The molecule has 21 heavy (non-hydrogen) atoms. The molecule has 0 amide bonds. The van der Waals surface area contributed by atoms with Gasteiger partial charge in [-0.25, -0.2) is 0 Å². The summed E-state index contributed by atoms with van der Waals surface area (Å²) in [5.74, 6) is 0.608. The second-order valence-corrected chi connectivity index (χ2v) is 5.41. The first-order valence-electron chi connectivity index (χ1n) is 6.32. The number of halogens is 2. The molecule has 0 radical (unpaired) electrons. The number of aromatic amines is 1. The van der Waals surface area contributed by atoms with Crippen LogP contribution in [-0.4, -0.2) is 4.98 Å². The fourth-order valence-electron chi connectivity index (χ4n) is 2.07. The van der Waals surface area contributed by atoms with Gasteiger partial charge in [0.2, 0.25) is 5.56 Å². The Morgan fingerprint density at radius 2 is 1.90 bits per heavy atom. The highest BCUT2D eigenvalue weighted by Gasteiger charge is 2.06. The molecule has 0 bridgehead atoms. The minimum atomic E-state index is -0.164. The first-order valence-corrected chi connectivity index (χ1v) is 7.08. The molecular formula is C16H11Cl2NO2. The molecule has 0 saturated carbocycles. The van der Waals surface area contributed by atoms with E-state index in [1.807, 2.05) is 24.3 Å². The molecule has 106 valence electrons. The quantitative estimate of drug-likeness (QED) is 0.776. The normalized spacial score (nSPS) is 10.8. The highest BCUT2D eigenvalue weighted by atomic mass is 35.5. The van der Waals surface area contributed by atoms with Gasteiger partial charge < -0.3 is 9.72 Å². The third-order valence-corrected chi connectivity index (χ3v) is 3.71. The maximum Gasteiger partial charge on any atom is 0.248 e. The third kappa shape index (κ3) is 3.04. The molecule has 0 aliphatic rings. The number of pyridine rings is 1. The highest BCUT2D eigenvalue weighted by molar-refractivity contribution is 6.35. The molecule has 0 aliphatic carbocycles. The molecule has 3 rings (SSSR count). The topological polar surface area (TPSA) is 42.1 Å². The van der Waals surface area contributed by atoms with Crippen molar-refractivity contribution in [1.82, 2.24) is 4.98 Å². The molecule has 3 nitrogen and oxygen atoms in total. The molecule has 2 aromatic carbocycles. The number of para-hydroxylation sites is 1. The van der Waals surface area contributed by atoms with Crippen LogP contribution in [0.2, 0.25) is 10.0 Å². The molecule has 1 N–H and O–H groups in total. The lowest BCUT2D eigenvalue weighted by Gasteiger charge is -2.10. The SMILES string of the molecule is O=c1ccc2cccc(OCc3ccc(Cl)cc3Cl)c2[nH]1. The van der Waals surface area contributed by atoms with Crippen molar-refractivity contribution < 1.29 is 4.74 Å². The lowest BCUT2D eigenvalue weighted by atomic mass is 10.2. The molecule has 0 aliphatic heterocycles. The number of hydrogen-bond donors (Lipinski definition) is 1. The second-order valence-electron chi connectivity index (χ2n) is 4.57. The van der Waals surface area contributed by atoms with Crippen molar-refractivity contribution in [3.05, 3.63) is 74.5 Å². The van der Waals surface area contributed by atoms with Crippen LogP contribution in [-0.2, 0) is 6.61 Å². The highest BCUT2D eigenvalue weighted by Crippen LogP contribution is 2.26. The van der Waals surface area contributed by atoms with E-state index in [-0.39, 0.29) is 5.56 Å². The van der Waals surface area contributed by atoms with Crippen LogP contribution in [0.4, 0.5) is 0 Å². The summed E-state index contributed by atoms with van der Waals surface area (Å²) in [6.45, 7) is 0.298. The van der Waals surface area contributed by atoms with E-state index >= 15 is 0 Å². The van der Waals surface area contributed by atoms with Crippen molar-refractivity contribution in [3.8, 4) is 5.75 Å². The van der Waals surface area contributed by atoms with Crippen molar-refractivity contribution in [2.75, 3.05) is 0 Å². The number of ether oxygens (including phenoxy) is 1. The molecule has 3 aromatic rings. The second kappa shape index (κ2) is 5.80. The monoisotopic (exact) mass is 319 g/mol. The van der Waals surface area contributed by atoms with Gasteiger partial charge in [0.1, 0.15) is 12.4 Å². The van der Waals surface area contributed by atoms with Crippen LogP contribution >= 0.6 is 23.2 Å². The third-order valence-electron chi connectivity index (χ3n) is 3.12. The van der Waals surface area contributed by atoms with Crippen LogP contribution in [0.3, 0.4) is 0 Å². The fraction of sp³-hybridized carbons (Fsp3) is 0.0625. The predicted octanol–water partition coefficient (Wildman–Crippen LogP) is 4.41. The van der Waals surface area contributed by atoms with Crippen LogP contribution < -0.4 is 10.3 Å². The van der Waals surface area contributed by atoms with Crippen molar-refractivity contribution in [1.29, 1.82) is 0 Å². The summed E-state index contributed by atoms with van der Waals surface area (Å²) in [4.78, 5) is 14.2. The number of aromatic nitrogens is 1. The summed E-state index contributed by atoms with van der Waals surface area (Å²) in [7, 11) is 0. The van der Waals surface area contributed by atoms with E-state index in [4.69, 9.17) is 27.9 Å². The van der Waals surface area contributed by atoms with Gasteiger partial charge in [-0.2, -0.15) is 0 Å². The van der Waals surface area contributed by atoms with Gasteiger partial charge in [-0.05, 0) is 24.3 Å². The van der Waals surface area contributed by atoms with E-state index in [1.54, 1.807) is 18.2 Å². The number of H-pyrrole nitrogens is 1. The first-order chi connectivity index (χ1) is 10.1. The van der Waals surface area contributed by atoms with Crippen molar-refractivity contribution in [2.45, 2.75) is 6.61 Å². The molecule has 5 heteroatoms. The van der Waals surface area contributed by atoms with Crippen LogP contribution in [0, 0.1) is 0 Å². The Balaban J connectivity index is 1.91. The van der Waals surface area contributed by atoms with E-state index in [0.717, 1.165) is 10.9 Å². The van der Waals surface area contributed by atoms with Crippen LogP contribution in [0.5, 0.6) is 5.75 Å². The predicted molar refractivity (Wildman–Crippen MR) is 85.4 cm³/mol. The fourth-order valence-corrected chi connectivity index (χ4v) is 2.53. The smallest absolute Gasteiger partial charge is 0.248 e. The van der Waals surface area contributed by atoms with Gasteiger partial charge in [-0.3, -0.25) is 4.79 Å². The number of rotatable bonds is 3. The molecule has 0 saturated heterocycles. The Bertz CT molecular complexity index is 858. The van der Waals surface area contributed by atoms with Gasteiger partial charge >= 0.3 is 0 Å². The lowest BCUT2D eigenvalue weighted by molar-refractivity contribution is 0.309. The summed E-state index contributed by atoms with van der Waals surface area (Å²) < 4.78 is 5.78. The van der Waals surface area contributed by atoms with Crippen LogP contribution in [0.15, 0.2) is 53.3 Å². The van der Waals surface area contributed by atoms with Gasteiger partial charge in [-0.1, -0.05) is 41.4 Å². The van der Waals surface area contributed by atoms with Crippen LogP contribution in [0.1, 0.15) is 5.56 Å². The van der Waals surface area contributed by atoms with E-state index < -0.39 is 0 Å². The van der Waals surface area contributed by atoms with Gasteiger partial charge in [0.15, 0.2) is 0 Å². The summed E-state index contributed by atoms with van der Waals surface area (Å²) >= 11 is 12.0. The maximum absolute atomic E-state index is 11.5. The van der Waals surface area contributed by atoms with E-state index in [0.29, 0.717) is 27.9 Å². The maximum atomic E-state index is 11.5. The first kappa shape index (κ1) is 14.0. The molecule has 1 aromatic heterocycles. The van der Waals surface area contributed by atoms with Gasteiger partial charge in [-0.15, -0.1) is 0 Å². The summed E-state index contributed by atoms with van der Waals surface area (Å²) in [5.41, 5.74) is 1.34. The van der Waals surface area contributed by atoms with Gasteiger partial charge in [0.25, 0.3) is 0 Å². The van der Waals surface area contributed by atoms with Gasteiger partial charge in [0.05, 0.1) is 5.52 Å². The molecule has 0 spiro atoms. The molecule has 0 atom stereocenters. The van der Waals surface area contributed by atoms with Gasteiger partial charge in [0, 0.05) is 27.1 Å². The molecule has 0 unspecified atom stereocenters. The van der Waals surface area contributed by atoms with Crippen molar-refractivity contribution in [3.63, 3.8) is 0 Å². The van der Waals surface area contributed by atoms with Crippen molar-refractivity contribution >= 4 is 34.1 Å². The number of benzene rings is 2. The molecule has 1 heterocycles. The minimum absolute atomic E-state index is 0.164. The standard InChI is InChI=1S/C16H11Cl2NO2/c17-12-6-4-11(13(18)8-12)9-21-14-3-1-2-10-5-7-15(20)19-16(10)14/h1-8H,9H2,(H,19,20). The molecule has 0 fully saturated rings. The van der Waals surface area contributed by atoms with E-state index in [9.17, 15) is 4.79 Å². The Morgan fingerprint density at radius 3 is 2.71 bits per heavy atom. The summed E-state index contributed by atoms with van der Waals surface area (Å²) in [6.07, 6.45) is 0. The average molecular weight is 320 g/mol. The van der Waals surface area contributed by atoms with E-state index in [1.165, 1.54) is 6.07 Å². The van der Waals surface area contributed by atoms with E-state index in [2.05, 4.69) is 4.98 Å². The van der Waals surface area contributed by atoms with Crippen molar-refractivity contribution in [2.24, 2.45) is 0 Å². The summed E-state index contributed by atoms with van der Waals surface area (Å²) in [5, 5.41) is 2.05. The Hall–Kier alpha value is -1.97. The number of nitrogens with one attached hydrogen (secondary N) is 1. The Kier molecular flexibility index (Phi) is 3.86.